The lowest BCUT2D eigenvalue weighted by atomic mass is 10.2. The molecule has 0 saturated heterocycles. The summed E-state index contributed by atoms with van der Waals surface area (Å²) >= 11 is 0. The zero-order valence-electron chi connectivity index (χ0n) is 10.7. The molecule has 19 heavy (non-hydrogen) atoms. The van der Waals surface area contributed by atoms with Gasteiger partial charge in [0.1, 0.15) is 0 Å². The Morgan fingerprint density at radius 2 is 1.89 bits per heavy atom. The molecule has 0 radical (unpaired) electrons. The maximum atomic E-state index is 4.47. The molecule has 2 heterocycles. The summed E-state index contributed by atoms with van der Waals surface area (Å²) in [5.41, 5.74) is 3.08. The average Bonchev–Trinajstić information content (AvgIpc) is 2.46. The second kappa shape index (κ2) is 5.02. The molecule has 4 heteroatoms. The van der Waals surface area contributed by atoms with E-state index < -0.39 is 0 Å². The highest BCUT2D eigenvalue weighted by Crippen LogP contribution is 2.12. The van der Waals surface area contributed by atoms with Gasteiger partial charge in [-0.3, -0.25) is 4.98 Å². The number of nitrogens with zero attached hydrogens (tertiary/aromatic N) is 3. The van der Waals surface area contributed by atoms with Crippen LogP contribution in [-0.2, 0) is 6.54 Å². The summed E-state index contributed by atoms with van der Waals surface area (Å²) in [6.45, 7) is 2.65. The third-order valence-corrected chi connectivity index (χ3v) is 2.91. The van der Waals surface area contributed by atoms with E-state index >= 15 is 0 Å². The van der Waals surface area contributed by atoms with Crippen molar-refractivity contribution in [3.63, 3.8) is 0 Å². The van der Waals surface area contributed by atoms with Crippen molar-refractivity contribution in [2.45, 2.75) is 13.5 Å². The molecule has 1 aromatic carbocycles. The number of hydrogen-bond donors (Lipinski definition) is 1. The summed E-state index contributed by atoms with van der Waals surface area (Å²) in [4.78, 5) is 13.0. The molecular weight excluding hydrogens is 236 g/mol. The molecule has 0 aliphatic carbocycles. The molecule has 0 aliphatic heterocycles. The number of aryl methyl sites for hydroxylation is 1. The van der Waals surface area contributed by atoms with Crippen LogP contribution in [0.25, 0.3) is 10.9 Å². The molecule has 0 fully saturated rings. The van der Waals surface area contributed by atoms with Gasteiger partial charge in [-0.05, 0) is 24.6 Å². The summed E-state index contributed by atoms with van der Waals surface area (Å²) in [6.07, 6.45) is 3.70. The van der Waals surface area contributed by atoms with Crippen molar-refractivity contribution in [1.29, 1.82) is 0 Å². The molecule has 0 aliphatic rings. The van der Waals surface area contributed by atoms with Crippen LogP contribution in [0, 0.1) is 6.92 Å². The minimum absolute atomic E-state index is 0.638. The number of fused-ring (bicyclic) bond motifs is 1. The van der Waals surface area contributed by atoms with Crippen LogP contribution in [0.2, 0.25) is 0 Å². The minimum Gasteiger partial charge on any atom is -0.350 e. The quantitative estimate of drug-likeness (QED) is 0.776. The lowest BCUT2D eigenvalue weighted by molar-refractivity contribution is 1.04. The van der Waals surface area contributed by atoms with Crippen molar-refractivity contribution in [1.82, 2.24) is 15.0 Å². The van der Waals surface area contributed by atoms with Crippen LogP contribution in [0.5, 0.6) is 0 Å². The van der Waals surface area contributed by atoms with Gasteiger partial charge >= 0.3 is 0 Å². The second-order valence-corrected chi connectivity index (χ2v) is 4.41. The maximum Gasteiger partial charge on any atom is 0.223 e. The molecule has 0 unspecified atom stereocenters. The molecule has 0 saturated carbocycles. The van der Waals surface area contributed by atoms with E-state index in [0.717, 1.165) is 22.2 Å². The van der Waals surface area contributed by atoms with E-state index in [0.29, 0.717) is 12.5 Å². The van der Waals surface area contributed by atoms with Gasteiger partial charge in [-0.25, -0.2) is 9.97 Å². The highest BCUT2D eigenvalue weighted by atomic mass is 15.1. The normalized spacial score (nSPS) is 10.6. The summed E-state index contributed by atoms with van der Waals surface area (Å²) in [6, 6.07) is 12.0. The molecule has 1 N–H and O–H groups in total. The van der Waals surface area contributed by atoms with Crippen molar-refractivity contribution >= 4 is 16.9 Å². The summed E-state index contributed by atoms with van der Waals surface area (Å²) < 4.78 is 0. The van der Waals surface area contributed by atoms with Gasteiger partial charge in [-0.2, -0.15) is 0 Å². The standard InChI is InChI=1S/C15H14N4/c1-11-6-7-12(8-16-11)9-17-15-18-10-13-4-2-3-5-14(13)19-15/h2-8,10H,9H2,1H3,(H,17,18,19). The third-order valence-electron chi connectivity index (χ3n) is 2.91. The number of para-hydroxylation sites is 1. The topological polar surface area (TPSA) is 50.7 Å². The van der Waals surface area contributed by atoms with E-state index in [1.54, 1.807) is 0 Å². The molecule has 2 aromatic heterocycles. The first-order valence-electron chi connectivity index (χ1n) is 6.18. The van der Waals surface area contributed by atoms with E-state index in [4.69, 9.17) is 0 Å². The zero-order chi connectivity index (χ0) is 13.1. The molecule has 4 nitrogen and oxygen atoms in total. The van der Waals surface area contributed by atoms with Crippen LogP contribution in [0.4, 0.5) is 5.95 Å². The molecule has 3 rings (SSSR count). The Labute approximate surface area is 111 Å². The van der Waals surface area contributed by atoms with Crippen LogP contribution in [-0.4, -0.2) is 15.0 Å². The zero-order valence-corrected chi connectivity index (χ0v) is 10.7. The van der Waals surface area contributed by atoms with Crippen molar-refractivity contribution in [2.75, 3.05) is 5.32 Å². The number of anilines is 1. The van der Waals surface area contributed by atoms with Gasteiger partial charge in [-0.15, -0.1) is 0 Å². The Morgan fingerprint density at radius 1 is 1.00 bits per heavy atom. The number of aromatic nitrogens is 3. The first-order valence-corrected chi connectivity index (χ1v) is 6.18. The largest absolute Gasteiger partial charge is 0.350 e. The molecule has 94 valence electrons. The van der Waals surface area contributed by atoms with E-state index in [9.17, 15) is 0 Å². The summed E-state index contributed by atoms with van der Waals surface area (Å²) in [5, 5.41) is 4.26. The second-order valence-electron chi connectivity index (χ2n) is 4.41. The van der Waals surface area contributed by atoms with Crippen molar-refractivity contribution < 1.29 is 0 Å². The average molecular weight is 250 g/mol. The molecule has 0 bridgehead atoms. The Hall–Kier alpha value is -2.49. The number of hydrogen-bond acceptors (Lipinski definition) is 4. The van der Waals surface area contributed by atoms with Gasteiger partial charge in [0.05, 0.1) is 5.52 Å². The molecule has 0 amide bonds. The monoisotopic (exact) mass is 250 g/mol. The van der Waals surface area contributed by atoms with Crippen LogP contribution in [0.15, 0.2) is 48.8 Å². The molecule has 0 spiro atoms. The smallest absolute Gasteiger partial charge is 0.223 e. The van der Waals surface area contributed by atoms with Crippen LogP contribution in [0.1, 0.15) is 11.3 Å². The van der Waals surface area contributed by atoms with Gasteiger partial charge in [-0.1, -0.05) is 24.3 Å². The SMILES string of the molecule is Cc1ccc(CNc2ncc3ccccc3n2)cn1. The number of rotatable bonds is 3. The number of benzene rings is 1. The van der Waals surface area contributed by atoms with E-state index in [-0.39, 0.29) is 0 Å². The van der Waals surface area contributed by atoms with Crippen LogP contribution in [0.3, 0.4) is 0 Å². The van der Waals surface area contributed by atoms with Crippen LogP contribution >= 0.6 is 0 Å². The van der Waals surface area contributed by atoms with E-state index in [1.807, 2.05) is 49.6 Å². The Kier molecular flexibility index (Phi) is 3.06. The summed E-state index contributed by atoms with van der Waals surface area (Å²) in [7, 11) is 0. The highest BCUT2D eigenvalue weighted by Gasteiger charge is 1.99. The fourth-order valence-corrected chi connectivity index (χ4v) is 1.84. The van der Waals surface area contributed by atoms with Gasteiger partial charge < -0.3 is 5.32 Å². The Morgan fingerprint density at radius 3 is 2.74 bits per heavy atom. The molecule has 3 aromatic rings. The van der Waals surface area contributed by atoms with E-state index in [2.05, 4.69) is 26.3 Å². The predicted octanol–water partition coefficient (Wildman–Crippen LogP) is 2.95. The fourth-order valence-electron chi connectivity index (χ4n) is 1.84. The molecule has 0 atom stereocenters. The van der Waals surface area contributed by atoms with Crippen molar-refractivity contribution in [3.8, 4) is 0 Å². The predicted molar refractivity (Wildman–Crippen MR) is 75.8 cm³/mol. The number of pyridine rings is 1. The first kappa shape index (κ1) is 11.6. The Balaban J connectivity index is 1.76. The number of nitrogens with one attached hydrogen (secondary N) is 1. The summed E-state index contributed by atoms with van der Waals surface area (Å²) in [5.74, 6) is 0.638. The van der Waals surface area contributed by atoms with Crippen LogP contribution < -0.4 is 5.32 Å². The van der Waals surface area contributed by atoms with E-state index in [1.165, 1.54) is 0 Å². The lowest BCUT2D eigenvalue weighted by Crippen LogP contribution is -2.03. The third kappa shape index (κ3) is 2.68. The lowest BCUT2D eigenvalue weighted by Gasteiger charge is -2.05. The van der Waals surface area contributed by atoms with Crippen molar-refractivity contribution in [2.24, 2.45) is 0 Å². The maximum absolute atomic E-state index is 4.47. The van der Waals surface area contributed by atoms with Gasteiger partial charge in [0.15, 0.2) is 0 Å². The fraction of sp³-hybridized carbons (Fsp3) is 0.133. The minimum atomic E-state index is 0.638. The van der Waals surface area contributed by atoms with Crippen molar-refractivity contribution in [3.05, 3.63) is 60.0 Å². The Bertz CT molecular complexity index is 692. The van der Waals surface area contributed by atoms with Gasteiger partial charge in [0, 0.05) is 30.0 Å². The molecular formula is C15H14N4. The highest BCUT2D eigenvalue weighted by molar-refractivity contribution is 5.78. The first-order chi connectivity index (χ1) is 9.31. The van der Waals surface area contributed by atoms with Gasteiger partial charge in [0.2, 0.25) is 5.95 Å². The van der Waals surface area contributed by atoms with Gasteiger partial charge in [0.25, 0.3) is 0 Å².